The Morgan fingerprint density at radius 3 is 2.42 bits per heavy atom. The molecule has 1 amide bonds. The number of ether oxygens (including phenoxy) is 1. The van der Waals surface area contributed by atoms with Gasteiger partial charge in [-0.15, -0.1) is 0 Å². The van der Waals surface area contributed by atoms with Gasteiger partial charge in [-0.2, -0.15) is 0 Å². The van der Waals surface area contributed by atoms with Crippen LogP contribution in [0.25, 0.3) is 0 Å². The van der Waals surface area contributed by atoms with Gasteiger partial charge in [0.05, 0.1) is 31.0 Å². The third kappa shape index (κ3) is 4.41. The number of hydrogen-bond donors (Lipinski definition) is 1. The Morgan fingerprint density at radius 2 is 1.71 bits per heavy atom. The molecule has 4 nitrogen and oxygen atoms in total. The van der Waals surface area contributed by atoms with Crippen LogP contribution in [0.5, 0.6) is 0 Å². The number of halogens is 2. The summed E-state index contributed by atoms with van der Waals surface area (Å²) >= 11 is 12.0. The van der Waals surface area contributed by atoms with Gasteiger partial charge in [-0.25, -0.2) is 0 Å². The number of carbonyl (C=O) groups excluding carboxylic acids is 1. The Morgan fingerprint density at radius 1 is 1.04 bits per heavy atom. The Labute approximate surface area is 151 Å². The molecule has 0 aliphatic carbocycles. The number of hydrogen-bond acceptors (Lipinski definition) is 3. The molecule has 3 rings (SSSR count). The minimum Gasteiger partial charge on any atom is -0.378 e. The molecule has 0 spiro atoms. The molecule has 0 saturated carbocycles. The Bertz CT molecular complexity index is 713. The molecular formula is C18H18Cl2N2O2. The van der Waals surface area contributed by atoms with E-state index in [-0.39, 0.29) is 12.3 Å². The van der Waals surface area contributed by atoms with Crippen molar-refractivity contribution in [1.82, 2.24) is 0 Å². The van der Waals surface area contributed by atoms with E-state index in [0.29, 0.717) is 23.3 Å². The van der Waals surface area contributed by atoms with E-state index in [9.17, 15) is 4.79 Å². The van der Waals surface area contributed by atoms with Crippen molar-refractivity contribution in [1.29, 1.82) is 0 Å². The Kier molecular flexibility index (Phi) is 5.61. The number of amides is 1. The van der Waals surface area contributed by atoms with Gasteiger partial charge in [-0.05, 0) is 35.9 Å². The van der Waals surface area contributed by atoms with Crippen LogP contribution in [0.3, 0.4) is 0 Å². The van der Waals surface area contributed by atoms with E-state index in [1.54, 1.807) is 18.2 Å². The van der Waals surface area contributed by atoms with E-state index < -0.39 is 0 Å². The molecule has 2 aromatic carbocycles. The molecule has 1 aliphatic rings. The van der Waals surface area contributed by atoms with Gasteiger partial charge in [0.15, 0.2) is 0 Å². The van der Waals surface area contributed by atoms with Crippen LogP contribution < -0.4 is 10.2 Å². The number of morpholine rings is 1. The normalized spacial score (nSPS) is 14.5. The van der Waals surface area contributed by atoms with Crippen molar-refractivity contribution >= 4 is 40.5 Å². The lowest BCUT2D eigenvalue weighted by Gasteiger charge is -2.30. The van der Waals surface area contributed by atoms with E-state index in [4.69, 9.17) is 27.9 Å². The van der Waals surface area contributed by atoms with Crippen LogP contribution in [0.15, 0.2) is 42.5 Å². The maximum Gasteiger partial charge on any atom is 0.228 e. The summed E-state index contributed by atoms with van der Waals surface area (Å²) in [4.78, 5) is 14.6. The van der Waals surface area contributed by atoms with E-state index in [2.05, 4.69) is 10.2 Å². The Balaban J connectivity index is 1.74. The third-order valence-electron chi connectivity index (χ3n) is 3.86. The molecule has 0 aromatic heterocycles. The minimum atomic E-state index is -0.0888. The number of nitrogens with zero attached hydrogens (tertiary/aromatic N) is 1. The van der Waals surface area contributed by atoms with E-state index in [1.165, 1.54) is 0 Å². The highest BCUT2D eigenvalue weighted by atomic mass is 35.5. The second kappa shape index (κ2) is 7.88. The second-order valence-electron chi connectivity index (χ2n) is 5.61. The average molecular weight is 365 g/mol. The highest BCUT2D eigenvalue weighted by Crippen LogP contribution is 2.30. The number of benzene rings is 2. The van der Waals surface area contributed by atoms with Crippen LogP contribution in [0, 0.1) is 0 Å². The molecule has 24 heavy (non-hydrogen) atoms. The van der Waals surface area contributed by atoms with Crippen LogP contribution in [-0.4, -0.2) is 32.2 Å². The predicted molar refractivity (Wildman–Crippen MR) is 98.3 cm³/mol. The highest BCUT2D eigenvalue weighted by molar-refractivity contribution is 6.31. The molecule has 126 valence electrons. The summed E-state index contributed by atoms with van der Waals surface area (Å²) in [6.07, 6.45) is 0.284. The van der Waals surface area contributed by atoms with Gasteiger partial charge in [0.2, 0.25) is 5.91 Å². The van der Waals surface area contributed by atoms with Crippen molar-refractivity contribution in [2.75, 3.05) is 36.5 Å². The van der Waals surface area contributed by atoms with Crippen molar-refractivity contribution in [2.24, 2.45) is 0 Å². The predicted octanol–water partition coefficient (Wildman–Crippen LogP) is 4.01. The van der Waals surface area contributed by atoms with Gasteiger partial charge in [0.1, 0.15) is 0 Å². The van der Waals surface area contributed by atoms with Crippen molar-refractivity contribution in [2.45, 2.75) is 6.42 Å². The van der Waals surface area contributed by atoms with Gasteiger partial charge in [0, 0.05) is 23.1 Å². The van der Waals surface area contributed by atoms with Gasteiger partial charge >= 0.3 is 0 Å². The number of anilines is 2. The van der Waals surface area contributed by atoms with E-state index in [0.717, 1.165) is 30.0 Å². The smallest absolute Gasteiger partial charge is 0.228 e. The quantitative estimate of drug-likeness (QED) is 0.890. The summed E-state index contributed by atoms with van der Waals surface area (Å²) in [5.74, 6) is -0.0888. The fourth-order valence-corrected chi connectivity index (χ4v) is 2.97. The van der Waals surface area contributed by atoms with Crippen molar-refractivity contribution in [3.8, 4) is 0 Å². The van der Waals surface area contributed by atoms with Crippen LogP contribution in [0.1, 0.15) is 5.56 Å². The first-order valence-corrected chi connectivity index (χ1v) is 8.54. The van der Waals surface area contributed by atoms with Crippen molar-refractivity contribution in [3.05, 3.63) is 58.1 Å². The minimum absolute atomic E-state index is 0.0888. The van der Waals surface area contributed by atoms with Gasteiger partial charge in [-0.3, -0.25) is 4.79 Å². The molecule has 1 heterocycles. The first-order valence-electron chi connectivity index (χ1n) is 7.78. The van der Waals surface area contributed by atoms with Crippen LogP contribution in [-0.2, 0) is 16.0 Å². The molecule has 1 N–H and O–H groups in total. The molecule has 2 aromatic rings. The standard InChI is InChI=1S/C18H18Cl2N2O2/c19-14-3-1-13(2-4-14)11-18(23)21-16-12-15(20)5-6-17(16)22-7-9-24-10-8-22/h1-6,12H,7-11H2,(H,21,23). The van der Waals surface area contributed by atoms with Crippen LogP contribution >= 0.6 is 23.2 Å². The molecule has 1 fully saturated rings. The van der Waals surface area contributed by atoms with Crippen LogP contribution in [0.4, 0.5) is 11.4 Å². The molecule has 0 atom stereocenters. The maximum atomic E-state index is 12.4. The fourth-order valence-electron chi connectivity index (χ4n) is 2.67. The summed E-state index contributed by atoms with van der Waals surface area (Å²) in [6, 6.07) is 12.8. The summed E-state index contributed by atoms with van der Waals surface area (Å²) in [7, 11) is 0. The lowest BCUT2D eigenvalue weighted by molar-refractivity contribution is -0.115. The van der Waals surface area contributed by atoms with Gasteiger partial charge < -0.3 is 15.0 Å². The summed E-state index contributed by atoms with van der Waals surface area (Å²) in [6.45, 7) is 2.95. The summed E-state index contributed by atoms with van der Waals surface area (Å²) in [5.41, 5.74) is 2.60. The van der Waals surface area contributed by atoms with Crippen molar-refractivity contribution in [3.63, 3.8) is 0 Å². The van der Waals surface area contributed by atoms with E-state index >= 15 is 0 Å². The lowest BCUT2D eigenvalue weighted by Crippen LogP contribution is -2.36. The molecule has 6 heteroatoms. The summed E-state index contributed by atoms with van der Waals surface area (Å²) in [5, 5.41) is 4.22. The fraction of sp³-hybridized carbons (Fsp3) is 0.278. The van der Waals surface area contributed by atoms with Gasteiger partial charge in [-0.1, -0.05) is 35.3 Å². The SMILES string of the molecule is O=C(Cc1ccc(Cl)cc1)Nc1cc(Cl)ccc1N1CCOCC1. The number of carbonyl (C=O) groups is 1. The van der Waals surface area contributed by atoms with Crippen LogP contribution in [0.2, 0.25) is 10.0 Å². The summed E-state index contributed by atoms with van der Waals surface area (Å²) < 4.78 is 5.39. The molecular weight excluding hydrogens is 347 g/mol. The zero-order valence-corrected chi connectivity index (χ0v) is 14.6. The van der Waals surface area contributed by atoms with Gasteiger partial charge in [0.25, 0.3) is 0 Å². The first kappa shape index (κ1) is 17.1. The second-order valence-corrected chi connectivity index (χ2v) is 6.49. The third-order valence-corrected chi connectivity index (χ3v) is 4.35. The molecule has 1 aliphatic heterocycles. The highest BCUT2D eigenvalue weighted by Gasteiger charge is 2.16. The molecule has 1 saturated heterocycles. The molecule has 0 unspecified atom stereocenters. The monoisotopic (exact) mass is 364 g/mol. The van der Waals surface area contributed by atoms with E-state index in [1.807, 2.05) is 24.3 Å². The first-order chi connectivity index (χ1) is 11.6. The largest absolute Gasteiger partial charge is 0.378 e. The zero-order valence-electron chi connectivity index (χ0n) is 13.1. The topological polar surface area (TPSA) is 41.6 Å². The lowest BCUT2D eigenvalue weighted by atomic mass is 10.1. The number of rotatable bonds is 4. The van der Waals surface area contributed by atoms with Crippen molar-refractivity contribution < 1.29 is 9.53 Å². The maximum absolute atomic E-state index is 12.4. The number of nitrogens with one attached hydrogen (secondary N) is 1. The molecule has 0 bridgehead atoms. The Hall–Kier alpha value is -1.75. The molecule has 0 radical (unpaired) electrons. The average Bonchev–Trinajstić information content (AvgIpc) is 2.58. The zero-order chi connectivity index (χ0) is 16.9.